The van der Waals surface area contributed by atoms with Gasteiger partial charge in [0.15, 0.2) is 0 Å². The van der Waals surface area contributed by atoms with Crippen molar-refractivity contribution in [2.45, 2.75) is 26.2 Å². The fraction of sp³-hybridized carbons (Fsp3) is 0.400. The van der Waals surface area contributed by atoms with Gasteiger partial charge in [0.05, 0.1) is 10.5 Å². The summed E-state index contributed by atoms with van der Waals surface area (Å²) >= 11 is 0. The SMILES string of the molecule is CC.O=[N+]([O-])c1cc(C(F)(F)F)cc(C(F)(F)F)c1O. The van der Waals surface area contributed by atoms with E-state index in [1.54, 1.807) is 0 Å². The van der Waals surface area contributed by atoms with Crippen molar-refractivity contribution in [3.05, 3.63) is 33.4 Å². The molecule has 0 saturated heterocycles. The number of phenolic OH excluding ortho intramolecular Hbond substituents is 1. The van der Waals surface area contributed by atoms with Crippen LogP contribution in [0.2, 0.25) is 0 Å². The molecule has 114 valence electrons. The Hall–Kier alpha value is -2.00. The maximum Gasteiger partial charge on any atom is 0.420 e. The highest BCUT2D eigenvalue weighted by atomic mass is 19.4. The van der Waals surface area contributed by atoms with E-state index in [0.29, 0.717) is 0 Å². The summed E-state index contributed by atoms with van der Waals surface area (Å²) in [5, 5.41) is 19.2. The van der Waals surface area contributed by atoms with E-state index in [4.69, 9.17) is 5.11 Å². The Balaban J connectivity index is 0.00000172. The minimum absolute atomic E-state index is 0.162. The van der Waals surface area contributed by atoms with Crippen LogP contribution in [0.15, 0.2) is 12.1 Å². The van der Waals surface area contributed by atoms with Gasteiger partial charge in [-0.15, -0.1) is 0 Å². The Morgan fingerprint density at radius 2 is 1.50 bits per heavy atom. The minimum Gasteiger partial charge on any atom is -0.502 e. The number of hydrogen-bond donors (Lipinski definition) is 1. The van der Waals surface area contributed by atoms with Crippen LogP contribution >= 0.6 is 0 Å². The second kappa shape index (κ2) is 5.97. The van der Waals surface area contributed by atoms with E-state index >= 15 is 0 Å². The first-order chi connectivity index (χ1) is 8.94. The number of alkyl halides is 6. The molecule has 1 aromatic rings. The molecule has 4 nitrogen and oxygen atoms in total. The predicted molar refractivity (Wildman–Crippen MR) is 56.1 cm³/mol. The molecular formula is C10H9F6NO3. The van der Waals surface area contributed by atoms with Crippen LogP contribution in [0.1, 0.15) is 25.0 Å². The maximum atomic E-state index is 12.3. The number of halogens is 6. The first kappa shape index (κ1) is 18.0. The zero-order valence-corrected chi connectivity index (χ0v) is 10.1. The Morgan fingerprint density at radius 3 is 1.80 bits per heavy atom. The van der Waals surface area contributed by atoms with Gasteiger partial charge >= 0.3 is 18.0 Å². The molecule has 0 radical (unpaired) electrons. The molecule has 0 heterocycles. The molecule has 1 N–H and O–H groups in total. The quantitative estimate of drug-likeness (QED) is 0.476. The fourth-order valence-electron chi connectivity index (χ4n) is 1.14. The summed E-state index contributed by atoms with van der Waals surface area (Å²) in [5.74, 6) is -1.85. The lowest BCUT2D eigenvalue weighted by Crippen LogP contribution is -2.12. The zero-order valence-electron chi connectivity index (χ0n) is 10.1. The third-order valence-electron chi connectivity index (χ3n) is 1.92. The lowest BCUT2D eigenvalue weighted by atomic mass is 10.1. The Labute approximate surface area is 108 Å². The molecule has 0 atom stereocenters. The summed E-state index contributed by atoms with van der Waals surface area (Å²) in [6, 6.07) is -0.549. The van der Waals surface area contributed by atoms with Crippen molar-refractivity contribution in [2.24, 2.45) is 0 Å². The van der Waals surface area contributed by atoms with E-state index in [1.165, 1.54) is 0 Å². The average Bonchev–Trinajstić information content (AvgIpc) is 2.28. The van der Waals surface area contributed by atoms with E-state index in [2.05, 4.69) is 0 Å². The van der Waals surface area contributed by atoms with Crippen LogP contribution in [-0.4, -0.2) is 10.0 Å². The third-order valence-corrected chi connectivity index (χ3v) is 1.92. The number of nitrogens with zero attached hydrogens (tertiary/aromatic N) is 1. The normalized spacial score (nSPS) is 11.6. The molecule has 0 aliphatic rings. The van der Waals surface area contributed by atoms with Crippen molar-refractivity contribution >= 4 is 5.69 Å². The van der Waals surface area contributed by atoms with Crippen molar-refractivity contribution in [2.75, 3.05) is 0 Å². The molecule has 0 bridgehead atoms. The Kier molecular flexibility index (Phi) is 5.37. The largest absolute Gasteiger partial charge is 0.502 e. The molecule has 10 heteroatoms. The second-order valence-electron chi connectivity index (χ2n) is 3.14. The van der Waals surface area contributed by atoms with Gasteiger partial charge in [-0.25, -0.2) is 0 Å². The van der Waals surface area contributed by atoms with Gasteiger partial charge in [-0.05, 0) is 6.07 Å². The molecule has 1 aromatic carbocycles. The number of nitro benzene ring substituents is 1. The number of phenols is 1. The van der Waals surface area contributed by atoms with Gasteiger partial charge in [-0.2, -0.15) is 26.3 Å². The Morgan fingerprint density at radius 1 is 1.05 bits per heavy atom. The van der Waals surface area contributed by atoms with Crippen LogP contribution < -0.4 is 0 Å². The van der Waals surface area contributed by atoms with Gasteiger partial charge in [0.2, 0.25) is 5.75 Å². The van der Waals surface area contributed by atoms with Gasteiger partial charge in [0.25, 0.3) is 0 Å². The van der Waals surface area contributed by atoms with Crippen molar-refractivity contribution in [1.29, 1.82) is 0 Å². The number of benzene rings is 1. The van der Waals surface area contributed by atoms with Crippen LogP contribution in [0, 0.1) is 10.1 Å². The molecule has 20 heavy (non-hydrogen) atoms. The van der Waals surface area contributed by atoms with Crippen molar-refractivity contribution in [3.63, 3.8) is 0 Å². The van der Waals surface area contributed by atoms with Gasteiger partial charge < -0.3 is 5.11 Å². The highest BCUT2D eigenvalue weighted by Gasteiger charge is 2.42. The summed E-state index contributed by atoms with van der Waals surface area (Å²) in [7, 11) is 0. The Bertz CT molecular complexity index is 495. The second-order valence-corrected chi connectivity index (χ2v) is 3.14. The lowest BCUT2D eigenvalue weighted by molar-refractivity contribution is -0.386. The molecule has 0 aromatic heterocycles. The molecular weight excluding hydrogens is 296 g/mol. The summed E-state index contributed by atoms with van der Waals surface area (Å²) in [4.78, 5) is 8.76. The molecule has 0 fully saturated rings. The summed E-state index contributed by atoms with van der Waals surface area (Å²) in [5.41, 5.74) is -5.62. The van der Waals surface area contributed by atoms with Crippen LogP contribution in [0.4, 0.5) is 32.0 Å². The third kappa shape index (κ3) is 4.00. The number of aromatic hydroxyl groups is 1. The first-order valence-electron chi connectivity index (χ1n) is 5.10. The lowest BCUT2D eigenvalue weighted by Gasteiger charge is -2.12. The number of rotatable bonds is 1. The summed E-state index contributed by atoms with van der Waals surface area (Å²) in [6.07, 6.45) is -10.5. The van der Waals surface area contributed by atoms with Crippen molar-refractivity contribution in [1.82, 2.24) is 0 Å². The van der Waals surface area contributed by atoms with Crippen LogP contribution in [0.5, 0.6) is 5.75 Å². The van der Waals surface area contributed by atoms with E-state index in [-0.39, 0.29) is 12.1 Å². The van der Waals surface area contributed by atoms with E-state index in [9.17, 15) is 36.5 Å². The highest BCUT2D eigenvalue weighted by molar-refractivity contribution is 5.55. The van der Waals surface area contributed by atoms with Gasteiger partial charge in [-0.3, -0.25) is 10.1 Å². The number of nitro groups is 1. The van der Waals surface area contributed by atoms with Crippen LogP contribution in [0.3, 0.4) is 0 Å². The summed E-state index contributed by atoms with van der Waals surface area (Å²) in [6.45, 7) is 4.00. The monoisotopic (exact) mass is 305 g/mol. The van der Waals surface area contributed by atoms with E-state index < -0.39 is 39.8 Å². The summed E-state index contributed by atoms with van der Waals surface area (Å²) < 4.78 is 73.7. The van der Waals surface area contributed by atoms with Gasteiger partial charge in [-0.1, -0.05) is 13.8 Å². The first-order valence-corrected chi connectivity index (χ1v) is 5.10. The maximum absolute atomic E-state index is 12.3. The standard InChI is InChI=1S/C8H3F6NO3.C2H6/c9-7(10,11)3-1-4(8(12,13)14)6(16)5(2-3)15(17)18;1-2/h1-2,16H;1-2H3. The molecule has 1 rings (SSSR count). The molecule has 0 aliphatic heterocycles. The number of hydrogen-bond acceptors (Lipinski definition) is 3. The van der Waals surface area contributed by atoms with Crippen molar-refractivity contribution in [3.8, 4) is 5.75 Å². The van der Waals surface area contributed by atoms with Crippen LogP contribution in [-0.2, 0) is 12.4 Å². The minimum atomic E-state index is -5.34. The average molecular weight is 305 g/mol. The molecule has 0 spiro atoms. The topological polar surface area (TPSA) is 63.4 Å². The van der Waals surface area contributed by atoms with Gasteiger partial charge in [0, 0.05) is 6.07 Å². The van der Waals surface area contributed by atoms with Crippen LogP contribution in [0.25, 0.3) is 0 Å². The highest BCUT2D eigenvalue weighted by Crippen LogP contribution is 2.44. The smallest absolute Gasteiger partial charge is 0.420 e. The zero-order chi connectivity index (χ0) is 16.3. The molecule has 0 aliphatic carbocycles. The molecule has 0 unspecified atom stereocenters. The predicted octanol–water partition coefficient (Wildman–Crippen LogP) is 4.36. The molecule has 0 amide bonds. The van der Waals surface area contributed by atoms with E-state index in [0.717, 1.165) is 0 Å². The van der Waals surface area contributed by atoms with E-state index in [1.807, 2.05) is 13.8 Å². The molecule has 0 saturated carbocycles. The van der Waals surface area contributed by atoms with Crippen molar-refractivity contribution < 1.29 is 36.4 Å². The fourth-order valence-corrected chi connectivity index (χ4v) is 1.14. The van der Waals surface area contributed by atoms with Gasteiger partial charge in [0.1, 0.15) is 5.56 Å².